The summed E-state index contributed by atoms with van der Waals surface area (Å²) in [7, 11) is 1.81. The van der Waals surface area contributed by atoms with E-state index in [9.17, 15) is 4.79 Å². The van der Waals surface area contributed by atoms with Crippen LogP contribution in [0.1, 0.15) is 29.5 Å². The lowest BCUT2D eigenvalue weighted by molar-refractivity contribution is 0.0331. The molecule has 0 amide bonds. The highest BCUT2D eigenvalue weighted by atomic mass is 16.5. The van der Waals surface area contributed by atoms with Crippen molar-refractivity contribution in [3.05, 3.63) is 78.4 Å². The van der Waals surface area contributed by atoms with Crippen LogP contribution in [0.5, 0.6) is 0 Å². The Kier molecular flexibility index (Phi) is 5.10. The van der Waals surface area contributed by atoms with Gasteiger partial charge in [-0.1, -0.05) is 42.0 Å². The van der Waals surface area contributed by atoms with Gasteiger partial charge in [0.25, 0.3) is 0 Å². The third-order valence-corrected chi connectivity index (χ3v) is 4.13. The molecular formula is C21H22N2O2. The van der Waals surface area contributed by atoms with Crippen molar-refractivity contribution in [3.8, 4) is 0 Å². The van der Waals surface area contributed by atoms with Crippen LogP contribution in [0.2, 0.25) is 0 Å². The van der Waals surface area contributed by atoms with Crippen LogP contribution < -0.4 is 0 Å². The molecule has 1 heterocycles. The Morgan fingerprint density at radius 3 is 2.68 bits per heavy atom. The van der Waals surface area contributed by atoms with Gasteiger partial charge < -0.3 is 9.30 Å². The number of aromatic nitrogens is 2. The Hall–Kier alpha value is -2.72. The van der Waals surface area contributed by atoms with E-state index < -0.39 is 6.10 Å². The standard InChI is InChI=1S/C21H22N2O2/c1-15(2)12-19(20(24)21-22-10-11-23(21)3)25-14-16-8-9-17-6-4-5-7-18(17)13-16/h4-11,13,19H,1,12,14H2,2-3H3/t19-/m0/s1. The molecule has 0 unspecified atom stereocenters. The highest BCUT2D eigenvalue weighted by Gasteiger charge is 2.24. The molecule has 0 saturated carbocycles. The summed E-state index contributed by atoms with van der Waals surface area (Å²) in [5, 5.41) is 2.35. The van der Waals surface area contributed by atoms with E-state index in [1.54, 1.807) is 24.0 Å². The second kappa shape index (κ2) is 7.45. The fourth-order valence-electron chi connectivity index (χ4n) is 2.82. The average molecular weight is 334 g/mol. The second-order valence-electron chi connectivity index (χ2n) is 6.37. The molecule has 0 fully saturated rings. The summed E-state index contributed by atoms with van der Waals surface area (Å²) in [5.74, 6) is 0.293. The van der Waals surface area contributed by atoms with Crippen LogP contribution >= 0.6 is 0 Å². The van der Waals surface area contributed by atoms with Crippen LogP contribution in [0.3, 0.4) is 0 Å². The predicted octanol–water partition coefficient (Wildman–Crippen LogP) is 4.31. The van der Waals surface area contributed by atoms with Crippen molar-refractivity contribution < 1.29 is 9.53 Å². The SMILES string of the molecule is C=C(C)C[C@H](OCc1ccc2ccccc2c1)C(=O)c1nccn1C. The first-order valence-corrected chi connectivity index (χ1v) is 8.30. The van der Waals surface area contributed by atoms with E-state index in [0.717, 1.165) is 16.5 Å². The first-order chi connectivity index (χ1) is 12.0. The van der Waals surface area contributed by atoms with Crippen LogP contribution in [0.25, 0.3) is 10.8 Å². The summed E-state index contributed by atoms with van der Waals surface area (Å²) in [6.45, 7) is 6.19. The molecule has 25 heavy (non-hydrogen) atoms. The molecule has 3 aromatic rings. The van der Waals surface area contributed by atoms with E-state index in [1.807, 2.05) is 25.1 Å². The van der Waals surface area contributed by atoms with Gasteiger partial charge in [-0.15, -0.1) is 6.58 Å². The van der Waals surface area contributed by atoms with Crippen molar-refractivity contribution in [3.63, 3.8) is 0 Å². The summed E-state index contributed by atoms with van der Waals surface area (Å²) in [4.78, 5) is 16.9. The van der Waals surface area contributed by atoms with E-state index in [-0.39, 0.29) is 5.78 Å². The zero-order valence-electron chi connectivity index (χ0n) is 14.6. The van der Waals surface area contributed by atoms with Gasteiger partial charge in [-0.2, -0.15) is 0 Å². The van der Waals surface area contributed by atoms with Crippen molar-refractivity contribution in [2.75, 3.05) is 0 Å². The number of benzene rings is 2. The summed E-state index contributed by atoms with van der Waals surface area (Å²) >= 11 is 0. The molecule has 0 aliphatic rings. The molecule has 3 rings (SSSR count). The Bertz CT molecular complexity index is 911. The first-order valence-electron chi connectivity index (χ1n) is 8.30. The van der Waals surface area contributed by atoms with E-state index in [0.29, 0.717) is 18.9 Å². The number of hydrogen-bond acceptors (Lipinski definition) is 3. The van der Waals surface area contributed by atoms with E-state index in [2.05, 4.69) is 35.8 Å². The van der Waals surface area contributed by atoms with Crippen LogP contribution in [0.15, 0.2) is 67.0 Å². The van der Waals surface area contributed by atoms with Gasteiger partial charge >= 0.3 is 0 Å². The van der Waals surface area contributed by atoms with Gasteiger partial charge in [0, 0.05) is 25.9 Å². The molecule has 4 heteroatoms. The Labute approximate surface area is 147 Å². The summed E-state index contributed by atoms with van der Waals surface area (Å²) < 4.78 is 7.68. The first kappa shape index (κ1) is 17.1. The number of rotatable bonds is 7. The molecule has 4 nitrogen and oxygen atoms in total. The molecular weight excluding hydrogens is 312 g/mol. The minimum Gasteiger partial charge on any atom is -0.365 e. The highest BCUT2D eigenvalue weighted by molar-refractivity contribution is 5.96. The van der Waals surface area contributed by atoms with Crippen molar-refractivity contribution in [2.24, 2.45) is 7.05 Å². The molecule has 0 N–H and O–H groups in total. The number of imidazole rings is 1. The zero-order chi connectivity index (χ0) is 17.8. The number of ketones is 1. The van der Waals surface area contributed by atoms with E-state index >= 15 is 0 Å². The number of carbonyl (C=O) groups excluding carboxylic acids is 1. The lowest BCUT2D eigenvalue weighted by Crippen LogP contribution is -2.27. The number of fused-ring (bicyclic) bond motifs is 1. The third-order valence-electron chi connectivity index (χ3n) is 4.13. The minimum absolute atomic E-state index is 0.115. The molecule has 1 atom stereocenters. The van der Waals surface area contributed by atoms with Gasteiger partial charge in [0.2, 0.25) is 5.78 Å². The number of Topliss-reactive ketones (excluding diaryl/α,β-unsaturated/α-hetero) is 1. The number of nitrogens with zero attached hydrogens (tertiary/aromatic N) is 2. The smallest absolute Gasteiger partial charge is 0.227 e. The minimum atomic E-state index is -0.579. The van der Waals surface area contributed by atoms with E-state index in [1.165, 1.54) is 5.39 Å². The number of carbonyl (C=O) groups is 1. The monoisotopic (exact) mass is 334 g/mol. The van der Waals surface area contributed by atoms with Crippen molar-refractivity contribution >= 4 is 16.6 Å². The molecule has 0 aliphatic carbocycles. The molecule has 0 bridgehead atoms. The summed E-state index contributed by atoms with van der Waals surface area (Å²) in [6.07, 6.45) is 3.28. The maximum absolute atomic E-state index is 12.7. The second-order valence-corrected chi connectivity index (χ2v) is 6.37. The Morgan fingerprint density at radius 1 is 1.24 bits per heavy atom. The van der Waals surface area contributed by atoms with Crippen LogP contribution in [0, 0.1) is 0 Å². The molecule has 2 aromatic carbocycles. The topological polar surface area (TPSA) is 44.1 Å². The van der Waals surface area contributed by atoms with Crippen LogP contribution in [-0.4, -0.2) is 21.4 Å². The molecule has 0 spiro atoms. The maximum Gasteiger partial charge on any atom is 0.227 e. The molecule has 0 aliphatic heterocycles. The van der Waals surface area contributed by atoms with Gasteiger partial charge in [0.15, 0.2) is 5.82 Å². The summed E-state index contributed by atoms with van der Waals surface area (Å²) in [5.41, 5.74) is 1.95. The number of ether oxygens (including phenoxy) is 1. The van der Waals surface area contributed by atoms with Gasteiger partial charge in [0.05, 0.1) is 6.61 Å². The van der Waals surface area contributed by atoms with Crippen molar-refractivity contribution in [1.29, 1.82) is 0 Å². The molecule has 128 valence electrons. The highest BCUT2D eigenvalue weighted by Crippen LogP contribution is 2.19. The largest absolute Gasteiger partial charge is 0.365 e. The Morgan fingerprint density at radius 2 is 2.00 bits per heavy atom. The van der Waals surface area contributed by atoms with E-state index in [4.69, 9.17) is 4.74 Å². The normalized spacial score (nSPS) is 12.2. The molecule has 0 saturated heterocycles. The predicted molar refractivity (Wildman–Crippen MR) is 99.5 cm³/mol. The number of aryl methyl sites for hydroxylation is 1. The fourth-order valence-corrected chi connectivity index (χ4v) is 2.82. The molecule has 0 radical (unpaired) electrons. The lowest BCUT2D eigenvalue weighted by atomic mass is 10.1. The third kappa shape index (κ3) is 4.03. The van der Waals surface area contributed by atoms with Gasteiger partial charge in [0.1, 0.15) is 6.10 Å². The van der Waals surface area contributed by atoms with Gasteiger partial charge in [-0.05, 0) is 29.3 Å². The zero-order valence-corrected chi connectivity index (χ0v) is 14.6. The maximum atomic E-state index is 12.7. The fraction of sp³-hybridized carbons (Fsp3) is 0.238. The van der Waals surface area contributed by atoms with Gasteiger partial charge in [-0.25, -0.2) is 4.98 Å². The van der Waals surface area contributed by atoms with Crippen LogP contribution in [-0.2, 0) is 18.4 Å². The summed E-state index contributed by atoms with van der Waals surface area (Å²) in [6, 6.07) is 14.4. The number of hydrogen-bond donors (Lipinski definition) is 0. The average Bonchev–Trinajstić information content (AvgIpc) is 3.03. The van der Waals surface area contributed by atoms with Crippen molar-refractivity contribution in [1.82, 2.24) is 9.55 Å². The van der Waals surface area contributed by atoms with Crippen LogP contribution in [0.4, 0.5) is 0 Å². The quantitative estimate of drug-likeness (QED) is 0.478. The Balaban J connectivity index is 1.76. The van der Waals surface area contributed by atoms with Gasteiger partial charge in [-0.3, -0.25) is 4.79 Å². The molecule has 1 aromatic heterocycles. The lowest BCUT2D eigenvalue weighted by Gasteiger charge is -2.17. The van der Waals surface area contributed by atoms with Crippen molar-refractivity contribution in [2.45, 2.75) is 26.1 Å².